The number of hydrogen-bond acceptors (Lipinski definition) is 4. The maximum atomic E-state index is 9.49. The minimum atomic E-state index is -0.177. The minimum absolute atomic E-state index is 0.127. The van der Waals surface area contributed by atoms with E-state index in [-0.39, 0.29) is 11.9 Å². The van der Waals surface area contributed by atoms with Gasteiger partial charge in [0.05, 0.1) is 5.71 Å². The van der Waals surface area contributed by atoms with Crippen LogP contribution in [0, 0.1) is 0 Å². The Balaban J connectivity index is 2.01. The fraction of sp³-hybridized carbons (Fsp3) is 0.133. The van der Waals surface area contributed by atoms with Crippen molar-refractivity contribution in [2.75, 3.05) is 0 Å². The summed E-state index contributed by atoms with van der Waals surface area (Å²) in [5, 5.41) is 22.0. The van der Waals surface area contributed by atoms with Crippen LogP contribution < -0.4 is 4.74 Å². The van der Waals surface area contributed by atoms with Gasteiger partial charge in [-0.15, -0.1) is 0 Å². The number of phenolic OH excluding ortho intramolecular Hbond substituents is 1. The average molecular weight is 255 g/mol. The third-order valence-electron chi connectivity index (χ3n) is 3.21. The van der Waals surface area contributed by atoms with E-state index in [2.05, 4.69) is 5.16 Å². The average Bonchev–Trinajstić information content (AvgIpc) is 2.47. The molecule has 96 valence electrons. The van der Waals surface area contributed by atoms with E-state index in [9.17, 15) is 5.11 Å². The standard InChI is InChI=1S/C15H13NO3/c17-11-6-7-14-12(8-11)13(16-18)9-15(19-14)10-4-2-1-3-5-10/h1-8,15,17-18H,9H2. The number of ether oxygens (including phenoxy) is 1. The van der Waals surface area contributed by atoms with Crippen molar-refractivity contribution in [1.82, 2.24) is 0 Å². The highest BCUT2D eigenvalue weighted by molar-refractivity contribution is 6.04. The molecule has 1 unspecified atom stereocenters. The van der Waals surface area contributed by atoms with Crippen molar-refractivity contribution in [3.8, 4) is 11.5 Å². The molecule has 1 atom stereocenters. The van der Waals surface area contributed by atoms with Gasteiger partial charge >= 0.3 is 0 Å². The summed E-state index contributed by atoms with van der Waals surface area (Å²) in [6.07, 6.45) is 0.292. The molecule has 2 N–H and O–H groups in total. The number of phenols is 1. The van der Waals surface area contributed by atoms with Gasteiger partial charge in [-0.25, -0.2) is 0 Å². The Morgan fingerprint density at radius 2 is 1.89 bits per heavy atom. The van der Waals surface area contributed by atoms with Crippen molar-refractivity contribution in [3.63, 3.8) is 0 Å². The summed E-state index contributed by atoms with van der Waals surface area (Å²) >= 11 is 0. The predicted octanol–water partition coefficient (Wildman–Crippen LogP) is 3.09. The SMILES string of the molecule is ON=C1CC(c2ccccc2)Oc2ccc(O)cc21. The number of rotatable bonds is 1. The summed E-state index contributed by atoms with van der Waals surface area (Å²) in [6.45, 7) is 0. The monoisotopic (exact) mass is 255 g/mol. The summed E-state index contributed by atoms with van der Waals surface area (Å²) in [4.78, 5) is 0. The smallest absolute Gasteiger partial charge is 0.129 e. The second kappa shape index (κ2) is 4.65. The van der Waals surface area contributed by atoms with Gasteiger partial charge in [0.1, 0.15) is 17.6 Å². The molecule has 0 radical (unpaired) electrons. The first-order chi connectivity index (χ1) is 9.28. The Hall–Kier alpha value is -2.49. The third-order valence-corrected chi connectivity index (χ3v) is 3.21. The van der Waals surface area contributed by atoms with Crippen molar-refractivity contribution in [2.45, 2.75) is 12.5 Å². The van der Waals surface area contributed by atoms with Crippen LogP contribution in [0.25, 0.3) is 0 Å². The first-order valence-electron chi connectivity index (χ1n) is 6.04. The highest BCUT2D eigenvalue weighted by Gasteiger charge is 2.26. The molecule has 0 spiro atoms. The van der Waals surface area contributed by atoms with E-state index in [1.165, 1.54) is 0 Å². The molecule has 0 aromatic heterocycles. The van der Waals surface area contributed by atoms with E-state index >= 15 is 0 Å². The summed E-state index contributed by atoms with van der Waals surface area (Å²) in [5.74, 6) is 0.743. The van der Waals surface area contributed by atoms with Crippen LogP contribution >= 0.6 is 0 Å². The summed E-state index contributed by atoms with van der Waals surface area (Å²) in [7, 11) is 0. The molecular formula is C15H13NO3. The van der Waals surface area contributed by atoms with Gasteiger partial charge in [0.15, 0.2) is 0 Å². The first-order valence-corrected chi connectivity index (χ1v) is 6.04. The number of oxime groups is 1. The zero-order valence-electron chi connectivity index (χ0n) is 10.2. The molecule has 0 bridgehead atoms. The maximum Gasteiger partial charge on any atom is 0.129 e. The van der Waals surface area contributed by atoms with Gasteiger partial charge in [-0.1, -0.05) is 35.5 Å². The summed E-state index contributed by atoms with van der Waals surface area (Å²) in [6, 6.07) is 14.6. The van der Waals surface area contributed by atoms with Gasteiger partial charge < -0.3 is 15.1 Å². The quantitative estimate of drug-likeness (QED) is 0.608. The van der Waals surface area contributed by atoms with Gasteiger partial charge in [0.2, 0.25) is 0 Å². The Morgan fingerprint density at radius 3 is 2.63 bits per heavy atom. The minimum Gasteiger partial charge on any atom is -0.508 e. The van der Waals surface area contributed by atoms with Crippen LogP contribution in [0.5, 0.6) is 11.5 Å². The lowest BCUT2D eigenvalue weighted by Crippen LogP contribution is -2.21. The fourth-order valence-electron chi connectivity index (χ4n) is 2.28. The maximum absolute atomic E-state index is 9.49. The topological polar surface area (TPSA) is 62.1 Å². The number of nitrogens with zero attached hydrogens (tertiary/aromatic N) is 1. The van der Waals surface area contributed by atoms with Crippen LogP contribution in [-0.4, -0.2) is 16.0 Å². The molecule has 4 nitrogen and oxygen atoms in total. The molecule has 3 rings (SSSR count). The van der Waals surface area contributed by atoms with Crippen LogP contribution in [0.15, 0.2) is 53.7 Å². The molecule has 1 aliphatic heterocycles. The molecular weight excluding hydrogens is 242 g/mol. The molecule has 0 fully saturated rings. The largest absolute Gasteiger partial charge is 0.508 e. The van der Waals surface area contributed by atoms with E-state index in [0.717, 1.165) is 5.56 Å². The molecule has 1 aliphatic rings. The third kappa shape index (κ3) is 2.12. The number of hydrogen-bond donors (Lipinski definition) is 2. The van der Waals surface area contributed by atoms with Gasteiger partial charge in [-0.3, -0.25) is 0 Å². The lowest BCUT2D eigenvalue weighted by molar-refractivity contribution is 0.202. The molecule has 0 amide bonds. The van der Waals surface area contributed by atoms with E-state index in [1.807, 2.05) is 30.3 Å². The van der Waals surface area contributed by atoms with E-state index < -0.39 is 0 Å². The zero-order valence-corrected chi connectivity index (χ0v) is 10.2. The van der Waals surface area contributed by atoms with Crippen molar-refractivity contribution in [3.05, 3.63) is 59.7 Å². The number of aromatic hydroxyl groups is 1. The molecule has 4 heteroatoms. The van der Waals surface area contributed by atoms with Crippen LogP contribution in [0.1, 0.15) is 23.7 Å². The van der Waals surface area contributed by atoms with Crippen LogP contribution in [0.3, 0.4) is 0 Å². The molecule has 0 saturated carbocycles. The van der Waals surface area contributed by atoms with Crippen molar-refractivity contribution in [2.24, 2.45) is 5.16 Å². The lowest BCUT2D eigenvalue weighted by atomic mass is 9.95. The van der Waals surface area contributed by atoms with Crippen LogP contribution in [0.4, 0.5) is 0 Å². The van der Waals surface area contributed by atoms with Crippen LogP contribution in [-0.2, 0) is 0 Å². The molecule has 2 aromatic rings. The van der Waals surface area contributed by atoms with Crippen LogP contribution in [0.2, 0.25) is 0 Å². The van der Waals surface area contributed by atoms with E-state index in [1.54, 1.807) is 18.2 Å². The first kappa shape index (κ1) is 11.6. The number of fused-ring (bicyclic) bond motifs is 1. The Labute approximate surface area is 110 Å². The Kier molecular flexibility index (Phi) is 2.83. The van der Waals surface area contributed by atoms with Gasteiger partial charge in [-0.2, -0.15) is 0 Å². The molecule has 1 heterocycles. The van der Waals surface area contributed by atoms with Gasteiger partial charge in [-0.05, 0) is 23.8 Å². The predicted molar refractivity (Wildman–Crippen MR) is 70.9 cm³/mol. The summed E-state index contributed by atoms with van der Waals surface area (Å²) in [5.41, 5.74) is 2.18. The highest BCUT2D eigenvalue weighted by Crippen LogP contribution is 2.36. The molecule has 0 saturated heterocycles. The summed E-state index contributed by atoms with van der Waals surface area (Å²) < 4.78 is 5.90. The molecule has 0 aliphatic carbocycles. The van der Waals surface area contributed by atoms with E-state index in [0.29, 0.717) is 23.4 Å². The normalized spacial score (nSPS) is 19.8. The Morgan fingerprint density at radius 1 is 1.11 bits per heavy atom. The van der Waals surface area contributed by atoms with E-state index in [4.69, 9.17) is 9.94 Å². The fourth-order valence-corrected chi connectivity index (χ4v) is 2.28. The molecule has 19 heavy (non-hydrogen) atoms. The highest BCUT2D eigenvalue weighted by atomic mass is 16.5. The zero-order chi connectivity index (χ0) is 13.2. The Bertz CT molecular complexity index is 623. The van der Waals surface area contributed by atoms with Crippen molar-refractivity contribution < 1.29 is 15.1 Å². The van der Waals surface area contributed by atoms with Crippen molar-refractivity contribution in [1.29, 1.82) is 0 Å². The van der Waals surface area contributed by atoms with Crippen molar-refractivity contribution >= 4 is 5.71 Å². The van der Waals surface area contributed by atoms with Gasteiger partial charge in [0.25, 0.3) is 0 Å². The second-order valence-electron chi connectivity index (χ2n) is 4.45. The molecule has 2 aromatic carbocycles. The second-order valence-corrected chi connectivity index (χ2v) is 4.45. The number of benzene rings is 2. The van der Waals surface area contributed by atoms with Gasteiger partial charge in [0, 0.05) is 12.0 Å². The lowest BCUT2D eigenvalue weighted by Gasteiger charge is -2.27.